The number of halogens is 1. The molecule has 0 aliphatic rings. The lowest BCUT2D eigenvalue weighted by molar-refractivity contribution is 0.0940. The first kappa shape index (κ1) is 20.3. The molecular formula is C20H20BrN3O3S. The second kappa shape index (κ2) is 8.28. The summed E-state index contributed by atoms with van der Waals surface area (Å²) in [6, 6.07) is 10.4. The van der Waals surface area contributed by atoms with Gasteiger partial charge in [-0.2, -0.15) is 0 Å². The Morgan fingerprint density at radius 2 is 2.07 bits per heavy atom. The van der Waals surface area contributed by atoms with Gasteiger partial charge in [0.15, 0.2) is 4.77 Å². The third-order valence-electron chi connectivity index (χ3n) is 4.58. The summed E-state index contributed by atoms with van der Waals surface area (Å²) in [4.78, 5) is 28.2. The van der Waals surface area contributed by atoms with Gasteiger partial charge in [0.1, 0.15) is 5.75 Å². The van der Waals surface area contributed by atoms with Crippen molar-refractivity contribution in [2.75, 3.05) is 7.11 Å². The Morgan fingerprint density at radius 3 is 2.71 bits per heavy atom. The third-order valence-corrected chi connectivity index (χ3v) is 5.53. The first-order valence-electron chi connectivity index (χ1n) is 8.77. The van der Waals surface area contributed by atoms with Crippen molar-refractivity contribution in [2.45, 2.75) is 26.4 Å². The van der Waals surface area contributed by atoms with E-state index in [4.69, 9.17) is 17.0 Å². The van der Waals surface area contributed by atoms with E-state index >= 15 is 0 Å². The molecule has 1 unspecified atom stereocenters. The number of carbonyl (C=O) groups is 1. The number of aromatic nitrogens is 2. The van der Waals surface area contributed by atoms with Crippen LogP contribution < -0.4 is 15.6 Å². The van der Waals surface area contributed by atoms with Crippen molar-refractivity contribution in [1.82, 2.24) is 14.9 Å². The fourth-order valence-electron chi connectivity index (χ4n) is 3.00. The first-order chi connectivity index (χ1) is 13.3. The summed E-state index contributed by atoms with van der Waals surface area (Å²) in [5.41, 5.74) is 1.77. The molecule has 0 bridgehead atoms. The maximum Gasteiger partial charge on any atom is 0.262 e. The van der Waals surface area contributed by atoms with Gasteiger partial charge in [-0.3, -0.25) is 14.2 Å². The number of hydrogen-bond acceptors (Lipinski definition) is 4. The summed E-state index contributed by atoms with van der Waals surface area (Å²) < 4.78 is 7.88. The van der Waals surface area contributed by atoms with Crippen LogP contribution in [0.5, 0.6) is 5.75 Å². The molecule has 2 aromatic carbocycles. The summed E-state index contributed by atoms with van der Waals surface area (Å²) in [6.07, 6.45) is 0. The minimum Gasteiger partial charge on any atom is -0.496 e. The highest BCUT2D eigenvalue weighted by molar-refractivity contribution is 9.10. The van der Waals surface area contributed by atoms with Gasteiger partial charge in [0, 0.05) is 12.1 Å². The molecule has 146 valence electrons. The third kappa shape index (κ3) is 3.88. The smallest absolute Gasteiger partial charge is 0.262 e. The SMILES string of the molecule is CCn1c(=S)[nH]c2cc(C(=O)NC(C)c3ccc(OC)c(Br)c3)ccc2c1=O. The van der Waals surface area contributed by atoms with Gasteiger partial charge in [0.05, 0.1) is 28.5 Å². The van der Waals surface area contributed by atoms with Gasteiger partial charge in [-0.1, -0.05) is 6.07 Å². The number of nitrogens with zero attached hydrogens (tertiary/aromatic N) is 1. The molecule has 1 amide bonds. The van der Waals surface area contributed by atoms with Crippen LogP contribution >= 0.6 is 28.1 Å². The molecule has 0 aliphatic carbocycles. The molecule has 0 saturated heterocycles. The highest BCUT2D eigenvalue weighted by Gasteiger charge is 2.14. The molecule has 2 N–H and O–H groups in total. The largest absolute Gasteiger partial charge is 0.496 e. The van der Waals surface area contributed by atoms with Gasteiger partial charge in [-0.05, 0) is 77.9 Å². The highest BCUT2D eigenvalue weighted by atomic mass is 79.9. The molecule has 0 spiro atoms. The predicted octanol–water partition coefficient (Wildman–Crippen LogP) is 4.34. The van der Waals surface area contributed by atoms with Crippen molar-refractivity contribution >= 4 is 45.0 Å². The predicted molar refractivity (Wildman–Crippen MR) is 116 cm³/mol. The van der Waals surface area contributed by atoms with Crippen molar-refractivity contribution in [3.8, 4) is 5.75 Å². The Balaban J connectivity index is 1.88. The van der Waals surface area contributed by atoms with Crippen LogP contribution in [0.15, 0.2) is 45.7 Å². The zero-order valence-electron chi connectivity index (χ0n) is 15.7. The maximum atomic E-state index is 12.7. The van der Waals surface area contributed by atoms with E-state index in [0.29, 0.717) is 27.8 Å². The fraction of sp³-hybridized carbons (Fsp3) is 0.250. The number of carbonyl (C=O) groups excluding carboxylic acids is 1. The molecule has 3 aromatic rings. The molecule has 0 fully saturated rings. The standard InChI is InChI=1S/C20H20BrN3O3S/c1-4-24-19(26)14-7-5-13(10-16(14)23-20(24)28)18(25)22-11(2)12-6-8-17(27-3)15(21)9-12/h5-11H,4H2,1-3H3,(H,22,25)(H,23,28). The molecule has 6 nitrogen and oxygen atoms in total. The summed E-state index contributed by atoms with van der Waals surface area (Å²) in [7, 11) is 1.60. The van der Waals surface area contributed by atoms with E-state index in [1.807, 2.05) is 32.0 Å². The second-order valence-electron chi connectivity index (χ2n) is 6.33. The van der Waals surface area contributed by atoms with Gasteiger partial charge in [-0.25, -0.2) is 0 Å². The van der Waals surface area contributed by atoms with Crippen LogP contribution in [0.3, 0.4) is 0 Å². The average molecular weight is 462 g/mol. The molecule has 1 heterocycles. The number of methoxy groups -OCH3 is 1. The minimum absolute atomic E-state index is 0.162. The van der Waals surface area contributed by atoms with E-state index in [-0.39, 0.29) is 17.5 Å². The summed E-state index contributed by atoms with van der Waals surface area (Å²) in [5, 5.41) is 3.47. The monoisotopic (exact) mass is 461 g/mol. The van der Waals surface area contributed by atoms with E-state index in [2.05, 4.69) is 26.2 Å². The Morgan fingerprint density at radius 1 is 1.32 bits per heavy atom. The first-order valence-corrected chi connectivity index (χ1v) is 9.97. The Bertz CT molecular complexity index is 1170. The number of nitrogens with one attached hydrogen (secondary N) is 2. The van der Waals surface area contributed by atoms with E-state index in [1.165, 1.54) is 4.57 Å². The molecule has 28 heavy (non-hydrogen) atoms. The molecular weight excluding hydrogens is 442 g/mol. The minimum atomic E-state index is -0.236. The average Bonchev–Trinajstić information content (AvgIpc) is 2.67. The van der Waals surface area contributed by atoms with E-state index in [1.54, 1.807) is 25.3 Å². The van der Waals surface area contributed by atoms with Gasteiger partial charge >= 0.3 is 0 Å². The highest BCUT2D eigenvalue weighted by Crippen LogP contribution is 2.28. The number of H-pyrrole nitrogens is 1. The van der Waals surface area contributed by atoms with Gasteiger partial charge in [-0.15, -0.1) is 0 Å². The lowest BCUT2D eigenvalue weighted by atomic mass is 10.1. The molecule has 0 saturated carbocycles. The maximum absolute atomic E-state index is 12.7. The normalized spacial score (nSPS) is 12.0. The zero-order valence-corrected chi connectivity index (χ0v) is 18.1. The van der Waals surface area contributed by atoms with Crippen molar-refractivity contribution in [1.29, 1.82) is 0 Å². The van der Waals surface area contributed by atoms with Crippen LogP contribution in [0, 0.1) is 4.77 Å². The van der Waals surface area contributed by atoms with Gasteiger partial charge in [0.2, 0.25) is 0 Å². The zero-order chi connectivity index (χ0) is 20.4. The lowest BCUT2D eigenvalue weighted by Crippen LogP contribution is -2.27. The van der Waals surface area contributed by atoms with Crippen LogP contribution in [0.1, 0.15) is 35.8 Å². The van der Waals surface area contributed by atoms with Gasteiger partial charge in [0.25, 0.3) is 11.5 Å². The number of aromatic amines is 1. The van der Waals surface area contributed by atoms with Crippen LogP contribution in [0.4, 0.5) is 0 Å². The number of ether oxygens (including phenoxy) is 1. The number of benzene rings is 2. The van der Waals surface area contributed by atoms with E-state index in [9.17, 15) is 9.59 Å². The van der Waals surface area contributed by atoms with Crippen LogP contribution in [0.2, 0.25) is 0 Å². The van der Waals surface area contributed by atoms with E-state index < -0.39 is 0 Å². The van der Waals surface area contributed by atoms with E-state index in [0.717, 1.165) is 15.8 Å². The van der Waals surface area contributed by atoms with Crippen molar-refractivity contribution in [3.63, 3.8) is 0 Å². The summed E-state index contributed by atoms with van der Waals surface area (Å²) in [6.45, 7) is 4.25. The quantitative estimate of drug-likeness (QED) is 0.554. The van der Waals surface area contributed by atoms with Crippen LogP contribution in [0.25, 0.3) is 10.9 Å². The number of amides is 1. The lowest BCUT2D eigenvalue weighted by Gasteiger charge is -2.16. The molecule has 1 atom stereocenters. The summed E-state index contributed by atoms with van der Waals surface area (Å²) >= 11 is 8.69. The topological polar surface area (TPSA) is 76.1 Å². The molecule has 0 aliphatic heterocycles. The molecule has 1 aromatic heterocycles. The number of rotatable bonds is 5. The Hall–Kier alpha value is -2.45. The van der Waals surface area contributed by atoms with Crippen molar-refractivity contribution in [2.24, 2.45) is 0 Å². The Kier molecular flexibility index (Phi) is 6.00. The molecule has 0 radical (unpaired) electrons. The summed E-state index contributed by atoms with van der Waals surface area (Å²) in [5.74, 6) is 0.491. The fourth-order valence-corrected chi connectivity index (χ4v) is 3.88. The second-order valence-corrected chi connectivity index (χ2v) is 7.57. The van der Waals surface area contributed by atoms with Crippen LogP contribution in [-0.4, -0.2) is 22.6 Å². The number of fused-ring (bicyclic) bond motifs is 1. The number of hydrogen-bond donors (Lipinski definition) is 2. The Labute approximate surface area is 175 Å². The van der Waals surface area contributed by atoms with Gasteiger partial charge < -0.3 is 15.0 Å². The molecule has 3 rings (SSSR count). The van der Waals surface area contributed by atoms with Crippen molar-refractivity contribution < 1.29 is 9.53 Å². The van der Waals surface area contributed by atoms with Crippen molar-refractivity contribution in [3.05, 3.63) is 67.1 Å². The van der Waals surface area contributed by atoms with Crippen LogP contribution in [-0.2, 0) is 6.54 Å². The molecule has 8 heteroatoms.